The molecule has 0 bridgehead atoms. The molecule has 0 saturated carbocycles. The Morgan fingerprint density at radius 1 is 0.429 bits per heavy atom. The zero-order valence-electron chi connectivity index (χ0n) is 2.80. The van der Waals surface area contributed by atoms with E-state index in [1.807, 2.05) is 0 Å². The van der Waals surface area contributed by atoms with Crippen LogP contribution in [-0.2, 0) is 73.7 Å². The van der Waals surface area contributed by atoms with Gasteiger partial charge in [0, 0.05) is 0 Å². The van der Waals surface area contributed by atoms with Crippen molar-refractivity contribution in [2.45, 2.75) is 0 Å². The van der Waals surface area contributed by atoms with E-state index in [4.69, 9.17) is 0 Å². The molecule has 0 heterocycles. The Morgan fingerprint density at radius 2 is 0.429 bits per heavy atom. The molecule has 44 valence electrons. The predicted octanol–water partition coefficient (Wildman–Crippen LogP) is -0.483. The summed E-state index contributed by atoms with van der Waals surface area (Å²) in [7, 11) is 0. The Balaban J connectivity index is 0. The van der Waals surface area contributed by atoms with Gasteiger partial charge in [0.2, 0.25) is 0 Å². The minimum atomic E-state index is 0. The van der Waals surface area contributed by atoms with Crippen LogP contribution in [0.1, 0.15) is 0 Å². The molecule has 7 heavy (non-hydrogen) atoms. The van der Waals surface area contributed by atoms with Gasteiger partial charge in [-0.3, -0.25) is 0 Å². The zero-order chi connectivity index (χ0) is 0. The molecule has 0 N–H and O–H groups in total. The Morgan fingerprint density at radius 3 is 0.429 bits per heavy atom. The fourth-order valence-electron chi connectivity index (χ4n) is 0. The molecule has 0 aliphatic rings. The van der Waals surface area contributed by atoms with Crippen LogP contribution in [-0.4, -0.2) is 0 Å². The summed E-state index contributed by atoms with van der Waals surface area (Å²) in [5, 5.41) is 0. The van der Waals surface area contributed by atoms with E-state index in [1.54, 1.807) is 0 Å². The normalized spacial score (nSPS) is 0. The minimum absolute atomic E-state index is 0. The summed E-state index contributed by atoms with van der Waals surface area (Å²) in [4.78, 5) is 0. The second kappa shape index (κ2) is 151. The first-order valence-electron chi connectivity index (χ1n) is 0. The van der Waals surface area contributed by atoms with Gasteiger partial charge >= 0.3 is 51.8 Å². The van der Waals surface area contributed by atoms with Crippen LogP contribution in [0.15, 0.2) is 0 Å². The third kappa shape index (κ3) is 108. The van der Waals surface area contributed by atoms with Crippen molar-refractivity contribution in [3.63, 3.8) is 0 Å². The van der Waals surface area contributed by atoms with Crippen LogP contribution in [0.5, 0.6) is 0 Å². The smallest absolute Gasteiger partial charge is 2.00 e. The number of rotatable bonds is 0. The molecule has 0 aromatic rings. The summed E-state index contributed by atoms with van der Waals surface area (Å²) in [6.07, 6.45) is 0. The van der Waals surface area contributed by atoms with E-state index in [1.165, 1.54) is 0 Å². The number of hydrogen-bond donors (Lipinski definition) is 0. The molecule has 0 fully saturated rings. The molecule has 0 amide bonds. The van der Waals surface area contributed by atoms with Crippen molar-refractivity contribution < 1.29 is 73.7 Å². The third-order valence-electron chi connectivity index (χ3n) is 0. The van der Waals surface area contributed by atoms with Gasteiger partial charge < -0.3 is 21.9 Å². The topological polar surface area (TPSA) is 114 Å². The van der Waals surface area contributed by atoms with E-state index >= 15 is 0 Å². The van der Waals surface area contributed by atoms with Crippen LogP contribution in [0, 0.1) is 0 Å². The summed E-state index contributed by atoms with van der Waals surface area (Å²) in [5.41, 5.74) is 0. The van der Waals surface area contributed by atoms with Crippen molar-refractivity contribution in [2.75, 3.05) is 0 Å². The standard InChI is InChI=1S/2Cr.Fe.4O/q2*+3;+2;4*-2. The van der Waals surface area contributed by atoms with Gasteiger partial charge in [-0.05, 0) is 0 Å². The second-order valence-corrected chi connectivity index (χ2v) is 0. The van der Waals surface area contributed by atoms with E-state index in [0.717, 1.165) is 0 Å². The first kappa shape index (κ1) is 229. The summed E-state index contributed by atoms with van der Waals surface area (Å²) in [5.74, 6) is 0. The monoisotopic (exact) mass is 224 g/mol. The Labute approximate surface area is 73.6 Å². The van der Waals surface area contributed by atoms with Crippen LogP contribution in [0.3, 0.4) is 0 Å². The van der Waals surface area contributed by atoms with Gasteiger partial charge in [0.1, 0.15) is 0 Å². The molecule has 0 saturated heterocycles. The third-order valence-corrected chi connectivity index (χ3v) is 0. The molecule has 2 radical (unpaired) electrons. The fourth-order valence-corrected chi connectivity index (χ4v) is 0. The van der Waals surface area contributed by atoms with Crippen LogP contribution in [0.25, 0.3) is 0 Å². The van der Waals surface area contributed by atoms with Gasteiger partial charge in [-0.25, -0.2) is 0 Å². The van der Waals surface area contributed by atoms with Crippen molar-refractivity contribution in [1.29, 1.82) is 0 Å². The zero-order valence-corrected chi connectivity index (χ0v) is 6.46. The molecule has 0 aliphatic heterocycles. The maximum Gasteiger partial charge on any atom is 3.00 e. The summed E-state index contributed by atoms with van der Waals surface area (Å²) in [6, 6.07) is 0. The molecular weight excluding hydrogens is 224 g/mol. The average molecular weight is 224 g/mol. The molecule has 7 heteroatoms. The van der Waals surface area contributed by atoms with Crippen LogP contribution in [0.2, 0.25) is 0 Å². The minimum Gasteiger partial charge on any atom is -2.00 e. The van der Waals surface area contributed by atoms with E-state index in [2.05, 4.69) is 0 Å². The molecular formula is Cr2FeO4. The molecule has 0 rings (SSSR count). The van der Waals surface area contributed by atoms with Gasteiger partial charge in [-0.15, -0.1) is 0 Å². The molecule has 0 aromatic heterocycles. The van der Waals surface area contributed by atoms with Gasteiger partial charge in [0.05, 0.1) is 0 Å². The molecule has 0 unspecified atom stereocenters. The molecule has 0 aliphatic carbocycles. The van der Waals surface area contributed by atoms with E-state index < -0.39 is 0 Å². The van der Waals surface area contributed by atoms with Gasteiger partial charge in [0.25, 0.3) is 0 Å². The van der Waals surface area contributed by atoms with E-state index in [0.29, 0.717) is 0 Å². The van der Waals surface area contributed by atoms with Crippen molar-refractivity contribution in [1.82, 2.24) is 0 Å². The van der Waals surface area contributed by atoms with Gasteiger partial charge in [0.15, 0.2) is 0 Å². The Hall–Kier alpha value is 1.42. The molecule has 0 spiro atoms. The molecule has 4 nitrogen and oxygen atoms in total. The van der Waals surface area contributed by atoms with Crippen molar-refractivity contribution in [3.8, 4) is 0 Å². The molecule has 0 atom stereocenters. The average Bonchev–Trinajstić information content (AvgIpc) is 0. The van der Waals surface area contributed by atoms with E-state index in [9.17, 15) is 0 Å². The quantitative estimate of drug-likeness (QED) is 0.494. The second-order valence-electron chi connectivity index (χ2n) is 0. The summed E-state index contributed by atoms with van der Waals surface area (Å²) < 4.78 is 0. The van der Waals surface area contributed by atoms with Crippen LogP contribution >= 0.6 is 0 Å². The fraction of sp³-hybridized carbons (Fsp3) is 0. The van der Waals surface area contributed by atoms with Gasteiger partial charge in [-0.1, -0.05) is 0 Å². The van der Waals surface area contributed by atoms with Crippen LogP contribution < -0.4 is 0 Å². The summed E-state index contributed by atoms with van der Waals surface area (Å²) >= 11 is 0. The first-order chi connectivity index (χ1) is 0. The Kier molecular flexibility index (Phi) is 4940. The Bertz CT molecular complexity index is 9.65. The molecule has 0 aromatic carbocycles. The van der Waals surface area contributed by atoms with Crippen molar-refractivity contribution >= 4 is 0 Å². The summed E-state index contributed by atoms with van der Waals surface area (Å²) in [6.45, 7) is 0. The SMILES string of the molecule is [Cr+3].[Cr+3].[Fe+2].[O-2].[O-2].[O-2].[O-2]. The first-order valence-corrected chi connectivity index (χ1v) is 0. The van der Waals surface area contributed by atoms with E-state index in [-0.39, 0.29) is 73.7 Å². The largest absolute Gasteiger partial charge is 3.00 e. The van der Waals surface area contributed by atoms with Crippen LogP contribution in [0.4, 0.5) is 0 Å². The maximum atomic E-state index is 0. The van der Waals surface area contributed by atoms with Crippen molar-refractivity contribution in [2.24, 2.45) is 0 Å². The van der Waals surface area contributed by atoms with Gasteiger partial charge in [-0.2, -0.15) is 0 Å². The number of hydrogen-bond acceptors (Lipinski definition) is 0. The maximum absolute atomic E-state index is 0. The predicted molar refractivity (Wildman–Crippen MR) is 2.75 cm³/mol. The van der Waals surface area contributed by atoms with Crippen molar-refractivity contribution in [3.05, 3.63) is 0 Å².